The van der Waals surface area contributed by atoms with Crippen molar-refractivity contribution in [2.24, 2.45) is 0 Å². The van der Waals surface area contributed by atoms with Crippen molar-refractivity contribution in [3.63, 3.8) is 0 Å². The molecule has 2 heterocycles. The summed E-state index contributed by atoms with van der Waals surface area (Å²) in [6.45, 7) is 2.33. The molecular formula is C12H12N2O4S. The zero-order valence-corrected chi connectivity index (χ0v) is 11.1. The molecule has 0 bridgehead atoms. The summed E-state index contributed by atoms with van der Waals surface area (Å²) < 4.78 is 18.0. The van der Waals surface area contributed by atoms with Crippen LogP contribution in [0.2, 0.25) is 0 Å². The molecule has 0 radical (unpaired) electrons. The van der Waals surface area contributed by atoms with E-state index in [4.69, 9.17) is 19.6 Å². The maximum absolute atomic E-state index is 11.6. The first-order valence-corrected chi connectivity index (χ1v) is 6.64. The minimum atomic E-state index is -0.349. The second-order valence-corrected chi connectivity index (χ2v) is 5.00. The smallest absolute Gasteiger partial charge is 0.326 e. The predicted octanol–water partition coefficient (Wildman–Crippen LogP) is 1.47. The minimum Gasteiger partial charge on any atom is -0.465 e. The quantitative estimate of drug-likeness (QED) is 0.864. The Morgan fingerprint density at radius 1 is 1.47 bits per heavy atom. The molecule has 0 spiro atoms. The van der Waals surface area contributed by atoms with Gasteiger partial charge in [-0.2, -0.15) is 0 Å². The number of aromatic nitrogens is 1. The highest BCUT2D eigenvalue weighted by Crippen LogP contribution is 2.36. The number of carbonyl (C=O) groups is 1. The molecule has 1 aliphatic heterocycles. The molecule has 1 N–H and O–H groups in total. The summed E-state index contributed by atoms with van der Waals surface area (Å²) >= 11 is 1.29. The summed E-state index contributed by atoms with van der Waals surface area (Å²) in [5.74, 6) is 0.971. The van der Waals surface area contributed by atoms with Crippen molar-refractivity contribution in [1.82, 2.24) is 4.57 Å². The molecule has 0 unspecified atom stereocenters. The lowest BCUT2D eigenvalue weighted by atomic mass is 10.3. The Morgan fingerprint density at radius 3 is 2.95 bits per heavy atom. The van der Waals surface area contributed by atoms with Crippen molar-refractivity contribution in [2.45, 2.75) is 13.5 Å². The van der Waals surface area contributed by atoms with Gasteiger partial charge in [-0.05, 0) is 6.92 Å². The summed E-state index contributed by atoms with van der Waals surface area (Å²) in [6.07, 6.45) is 0. The Labute approximate surface area is 112 Å². The van der Waals surface area contributed by atoms with Gasteiger partial charge in [0.1, 0.15) is 6.54 Å². The second-order valence-electron chi connectivity index (χ2n) is 3.97. The van der Waals surface area contributed by atoms with E-state index in [1.165, 1.54) is 11.3 Å². The van der Waals surface area contributed by atoms with Crippen LogP contribution in [0.3, 0.4) is 0 Å². The largest absolute Gasteiger partial charge is 0.465 e. The monoisotopic (exact) mass is 280 g/mol. The standard InChI is InChI=1S/C12H12N2O4S/c1-2-16-11(15)5-14-7-3-8-9(18-6-17-8)4-10(7)19-12(14)13/h3-4,13H,2,5-6H2,1H3. The van der Waals surface area contributed by atoms with Crippen LogP contribution in [-0.2, 0) is 16.1 Å². The van der Waals surface area contributed by atoms with Crippen LogP contribution < -0.4 is 14.3 Å². The van der Waals surface area contributed by atoms with Crippen molar-refractivity contribution in [3.8, 4) is 11.5 Å². The first-order valence-electron chi connectivity index (χ1n) is 5.82. The van der Waals surface area contributed by atoms with Crippen LogP contribution >= 0.6 is 11.3 Å². The maximum Gasteiger partial charge on any atom is 0.326 e. The first-order chi connectivity index (χ1) is 9.19. The normalized spacial score (nSPS) is 12.9. The van der Waals surface area contributed by atoms with Gasteiger partial charge >= 0.3 is 5.97 Å². The average Bonchev–Trinajstić information content (AvgIpc) is 2.92. The number of rotatable bonds is 3. The number of benzene rings is 1. The average molecular weight is 280 g/mol. The number of nitrogens with one attached hydrogen (secondary N) is 1. The van der Waals surface area contributed by atoms with Crippen molar-refractivity contribution in [1.29, 1.82) is 5.41 Å². The summed E-state index contributed by atoms with van der Waals surface area (Å²) in [4.78, 5) is 11.9. The number of fused-ring (bicyclic) bond motifs is 2. The Hall–Kier alpha value is -2.02. The molecule has 0 atom stereocenters. The molecule has 1 aliphatic rings. The van der Waals surface area contributed by atoms with Gasteiger partial charge in [0, 0.05) is 12.1 Å². The zero-order chi connectivity index (χ0) is 13.4. The molecule has 0 saturated carbocycles. The molecule has 6 nitrogen and oxygen atoms in total. The van der Waals surface area contributed by atoms with Crippen molar-refractivity contribution in [2.75, 3.05) is 13.4 Å². The van der Waals surface area contributed by atoms with Crippen LogP contribution in [0.1, 0.15) is 6.92 Å². The third-order valence-electron chi connectivity index (χ3n) is 2.79. The van der Waals surface area contributed by atoms with Crippen LogP contribution in [0, 0.1) is 5.41 Å². The van der Waals surface area contributed by atoms with Crippen LogP contribution in [0.5, 0.6) is 11.5 Å². The highest BCUT2D eigenvalue weighted by molar-refractivity contribution is 7.16. The van der Waals surface area contributed by atoms with E-state index in [1.54, 1.807) is 17.6 Å². The molecule has 100 valence electrons. The van der Waals surface area contributed by atoms with E-state index in [0.717, 1.165) is 10.2 Å². The number of thiazole rings is 1. The third-order valence-corrected chi connectivity index (χ3v) is 3.75. The molecule has 0 aliphatic carbocycles. The summed E-state index contributed by atoms with van der Waals surface area (Å²) in [5.41, 5.74) is 0.785. The van der Waals surface area contributed by atoms with Gasteiger partial charge in [0.05, 0.1) is 16.8 Å². The second kappa shape index (κ2) is 4.58. The fourth-order valence-electron chi connectivity index (χ4n) is 1.97. The fourth-order valence-corrected chi connectivity index (χ4v) is 2.89. The van der Waals surface area contributed by atoms with Crippen molar-refractivity contribution >= 4 is 27.5 Å². The Bertz CT molecular complexity index is 704. The van der Waals surface area contributed by atoms with Gasteiger partial charge in [-0.25, -0.2) is 0 Å². The van der Waals surface area contributed by atoms with Crippen LogP contribution in [0.25, 0.3) is 10.2 Å². The van der Waals surface area contributed by atoms with E-state index < -0.39 is 0 Å². The molecule has 19 heavy (non-hydrogen) atoms. The van der Waals surface area contributed by atoms with Crippen LogP contribution in [-0.4, -0.2) is 23.9 Å². The van der Waals surface area contributed by atoms with Gasteiger partial charge in [-0.3, -0.25) is 10.2 Å². The van der Waals surface area contributed by atoms with E-state index >= 15 is 0 Å². The highest BCUT2D eigenvalue weighted by Gasteiger charge is 2.18. The predicted molar refractivity (Wildman–Crippen MR) is 68.4 cm³/mol. The SMILES string of the molecule is CCOC(=O)Cn1c(=N)sc2cc3c(cc21)OCO3. The molecule has 7 heteroatoms. The summed E-state index contributed by atoms with van der Waals surface area (Å²) in [7, 11) is 0. The molecule has 1 aromatic carbocycles. The zero-order valence-electron chi connectivity index (χ0n) is 10.3. The summed E-state index contributed by atoms with van der Waals surface area (Å²) in [6, 6.07) is 3.63. The number of esters is 1. The minimum absolute atomic E-state index is 0.0340. The number of nitrogens with zero attached hydrogens (tertiary/aromatic N) is 1. The van der Waals surface area contributed by atoms with Crippen LogP contribution in [0.4, 0.5) is 0 Å². The summed E-state index contributed by atoms with van der Waals surface area (Å²) in [5, 5.41) is 7.93. The third kappa shape index (κ3) is 2.06. The van der Waals surface area contributed by atoms with Gasteiger partial charge < -0.3 is 18.8 Å². The lowest BCUT2D eigenvalue weighted by Gasteiger charge is -2.05. The molecular weight excluding hydrogens is 268 g/mol. The van der Waals surface area contributed by atoms with E-state index in [1.807, 2.05) is 6.07 Å². The molecule has 3 rings (SSSR count). The Morgan fingerprint density at radius 2 is 2.21 bits per heavy atom. The van der Waals surface area contributed by atoms with Gasteiger partial charge in [0.2, 0.25) is 6.79 Å². The lowest BCUT2D eigenvalue weighted by Crippen LogP contribution is -2.20. The first kappa shape index (κ1) is 12.0. The fraction of sp³-hybridized carbons (Fsp3) is 0.333. The molecule has 2 aromatic rings. The molecule has 0 saturated heterocycles. The van der Waals surface area contributed by atoms with E-state index in [2.05, 4.69) is 0 Å². The number of carbonyl (C=O) groups excluding carboxylic acids is 1. The van der Waals surface area contributed by atoms with Gasteiger partial charge in [-0.15, -0.1) is 0 Å². The number of ether oxygens (including phenoxy) is 3. The highest BCUT2D eigenvalue weighted by atomic mass is 32.1. The van der Waals surface area contributed by atoms with Crippen molar-refractivity contribution in [3.05, 3.63) is 16.9 Å². The van der Waals surface area contributed by atoms with Crippen LogP contribution in [0.15, 0.2) is 12.1 Å². The Kier molecular flexibility index (Phi) is 2.90. The number of hydrogen-bond donors (Lipinski definition) is 1. The van der Waals surface area contributed by atoms with Gasteiger partial charge in [0.15, 0.2) is 16.3 Å². The Balaban J connectivity index is 2.06. The van der Waals surface area contributed by atoms with E-state index in [9.17, 15) is 4.79 Å². The maximum atomic E-state index is 11.6. The van der Waals surface area contributed by atoms with E-state index in [0.29, 0.717) is 22.9 Å². The topological polar surface area (TPSA) is 73.5 Å². The molecule has 1 aromatic heterocycles. The number of hydrogen-bond acceptors (Lipinski definition) is 6. The molecule has 0 amide bonds. The van der Waals surface area contributed by atoms with E-state index in [-0.39, 0.29) is 19.3 Å². The van der Waals surface area contributed by atoms with Gasteiger partial charge in [0.25, 0.3) is 0 Å². The van der Waals surface area contributed by atoms with Crippen molar-refractivity contribution < 1.29 is 19.0 Å². The lowest BCUT2D eigenvalue weighted by molar-refractivity contribution is -0.143. The molecule has 0 fully saturated rings. The van der Waals surface area contributed by atoms with Gasteiger partial charge in [-0.1, -0.05) is 11.3 Å².